The van der Waals surface area contributed by atoms with Gasteiger partial charge in [0.15, 0.2) is 0 Å². The van der Waals surface area contributed by atoms with Crippen LogP contribution in [0, 0.1) is 0 Å². The van der Waals surface area contributed by atoms with E-state index in [1.807, 2.05) is 6.07 Å². The van der Waals surface area contributed by atoms with Crippen molar-refractivity contribution < 1.29 is 14.3 Å². The Morgan fingerprint density at radius 2 is 1.57 bits per heavy atom. The molecule has 2 aromatic rings. The number of hydrogen-bond acceptors (Lipinski definition) is 5. The lowest BCUT2D eigenvalue weighted by atomic mass is 10.1. The second-order valence-electron chi connectivity index (χ2n) is 7.36. The highest BCUT2D eigenvalue weighted by Crippen LogP contribution is 2.32. The molecule has 0 aliphatic carbocycles. The molecule has 160 valence electrons. The molecule has 1 N–H and O–H groups in total. The molecule has 1 amide bonds. The van der Waals surface area contributed by atoms with Crippen molar-refractivity contribution in [1.29, 1.82) is 0 Å². The van der Waals surface area contributed by atoms with Crippen molar-refractivity contribution in [3.8, 4) is 0 Å². The number of amides is 1. The van der Waals surface area contributed by atoms with Crippen molar-refractivity contribution in [1.82, 2.24) is 0 Å². The van der Waals surface area contributed by atoms with Crippen LogP contribution in [0.5, 0.6) is 0 Å². The van der Waals surface area contributed by atoms with E-state index in [-0.39, 0.29) is 12.3 Å². The van der Waals surface area contributed by atoms with E-state index in [4.69, 9.17) is 32.7 Å². The van der Waals surface area contributed by atoms with Gasteiger partial charge in [-0.05, 0) is 35.9 Å². The van der Waals surface area contributed by atoms with Crippen molar-refractivity contribution in [3.05, 3.63) is 52.0 Å². The molecule has 30 heavy (non-hydrogen) atoms. The van der Waals surface area contributed by atoms with Crippen LogP contribution in [0.3, 0.4) is 0 Å². The molecule has 2 heterocycles. The second-order valence-corrected chi connectivity index (χ2v) is 8.20. The highest BCUT2D eigenvalue weighted by atomic mass is 35.5. The number of nitrogens with zero attached hydrogens (tertiary/aromatic N) is 2. The lowest BCUT2D eigenvalue weighted by molar-refractivity contribution is -0.115. The Morgan fingerprint density at radius 1 is 0.900 bits per heavy atom. The fourth-order valence-corrected chi connectivity index (χ4v) is 4.22. The average Bonchev–Trinajstić information content (AvgIpc) is 2.77. The Kier molecular flexibility index (Phi) is 7.00. The van der Waals surface area contributed by atoms with Gasteiger partial charge in [-0.3, -0.25) is 4.79 Å². The van der Waals surface area contributed by atoms with Crippen LogP contribution >= 0.6 is 23.2 Å². The lowest BCUT2D eigenvalue weighted by Gasteiger charge is -2.33. The van der Waals surface area contributed by atoms with E-state index in [9.17, 15) is 4.79 Å². The molecule has 2 aliphatic rings. The standard InChI is InChI=1S/C22H25Cl2N3O3/c23-17-2-1-16(19(24)14-17)13-22(28)25-20-4-3-18(26-5-9-29-10-6-26)15-21(20)27-7-11-30-12-8-27/h1-4,14-15H,5-13H2,(H,25,28). The summed E-state index contributed by atoms with van der Waals surface area (Å²) in [6.07, 6.45) is 0.184. The van der Waals surface area contributed by atoms with Gasteiger partial charge in [-0.2, -0.15) is 0 Å². The zero-order valence-electron chi connectivity index (χ0n) is 16.7. The quantitative estimate of drug-likeness (QED) is 0.750. The van der Waals surface area contributed by atoms with E-state index < -0.39 is 0 Å². The van der Waals surface area contributed by atoms with Crippen LogP contribution in [0.25, 0.3) is 0 Å². The molecular formula is C22H25Cl2N3O3. The summed E-state index contributed by atoms with van der Waals surface area (Å²) in [5.74, 6) is -0.118. The lowest BCUT2D eigenvalue weighted by Crippen LogP contribution is -2.38. The summed E-state index contributed by atoms with van der Waals surface area (Å²) in [4.78, 5) is 17.3. The Hall–Kier alpha value is -1.99. The summed E-state index contributed by atoms with van der Waals surface area (Å²) in [5.41, 5.74) is 3.69. The first-order valence-electron chi connectivity index (χ1n) is 10.1. The van der Waals surface area contributed by atoms with Crippen LogP contribution in [0.2, 0.25) is 10.0 Å². The Balaban J connectivity index is 1.55. The molecule has 6 nitrogen and oxygen atoms in total. The van der Waals surface area contributed by atoms with Crippen LogP contribution in [-0.2, 0) is 20.7 Å². The molecule has 0 bridgehead atoms. The third-order valence-corrected chi connectivity index (χ3v) is 5.94. The maximum atomic E-state index is 12.8. The molecule has 0 spiro atoms. The van der Waals surface area contributed by atoms with Crippen LogP contribution < -0.4 is 15.1 Å². The van der Waals surface area contributed by atoms with Crippen LogP contribution in [0.4, 0.5) is 17.1 Å². The first-order chi connectivity index (χ1) is 14.6. The Bertz CT molecular complexity index is 897. The minimum absolute atomic E-state index is 0.118. The topological polar surface area (TPSA) is 54.0 Å². The fourth-order valence-electron chi connectivity index (χ4n) is 3.74. The van der Waals surface area contributed by atoms with E-state index in [1.54, 1.807) is 18.2 Å². The van der Waals surface area contributed by atoms with Gasteiger partial charge in [0.25, 0.3) is 0 Å². The van der Waals surface area contributed by atoms with Gasteiger partial charge in [-0.25, -0.2) is 0 Å². The molecule has 2 saturated heterocycles. The number of benzene rings is 2. The summed E-state index contributed by atoms with van der Waals surface area (Å²) in [6.45, 7) is 6.12. The van der Waals surface area contributed by atoms with E-state index >= 15 is 0 Å². The number of rotatable bonds is 5. The summed E-state index contributed by atoms with van der Waals surface area (Å²) in [7, 11) is 0. The zero-order valence-corrected chi connectivity index (χ0v) is 18.2. The SMILES string of the molecule is O=C(Cc1ccc(Cl)cc1Cl)Nc1ccc(N2CCOCC2)cc1N1CCOCC1. The summed E-state index contributed by atoms with van der Waals surface area (Å²) in [6, 6.07) is 11.4. The van der Waals surface area contributed by atoms with Gasteiger partial charge < -0.3 is 24.6 Å². The van der Waals surface area contributed by atoms with E-state index in [1.165, 1.54) is 0 Å². The first kappa shape index (κ1) is 21.2. The molecule has 4 rings (SSSR count). The fraction of sp³-hybridized carbons (Fsp3) is 0.409. The molecule has 2 aliphatic heterocycles. The van der Waals surface area contributed by atoms with Crippen LogP contribution in [0.15, 0.2) is 36.4 Å². The number of hydrogen-bond donors (Lipinski definition) is 1. The van der Waals surface area contributed by atoms with Gasteiger partial charge in [0.1, 0.15) is 0 Å². The molecule has 0 unspecified atom stereocenters. The average molecular weight is 450 g/mol. The van der Waals surface area contributed by atoms with Gasteiger partial charge in [0, 0.05) is 41.9 Å². The number of halogens is 2. The van der Waals surface area contributed by atoms with Crippen LogP contribution in [0.1, 0.15) is 5.56 Å². The second kappa shape index (κ2) is 9.88. The molecule has 2 fully saturated rings. The van der Waals surface area contributed by atoms with Crippen molar-refractivity contribution in [2.75, 3.05) is 67.7 Å². The normalized spacial score (nSPS) is 17.1. The molecule has 0 saturated carbocycles. The van der Waals surface area contributed by atoms with E-state index in [2.05, 4.69) is 27.2 Å². The third kappa shape index (κ3) is 5.19. The molecule has 8 heteroatoms. The maximum Gasteiger partial charge on any atom is 0.228 e. The molecular weight excluding hydrogens is 425 g/mol. The smallest absolute Gasteiger partial charge is 0.228 e. The first-order valence-corrected chi connectivity index (χ1v) is 10.9. The third-order valence-electron chi connectivity index (χ3n) is 5.35. The van der Waals surface area contributed by atoms with Gasteiger partial charge in [-0.15, -0.1) is 0 Å². The Labute approximate surface area is 186 Å². The van der Waals surface area contributed by atoms with Crippen molar-refractivity contribution in [2.24, 2.45) is 0 Å². The largest absolute Gasteiger partial charge is 0.378 e. The Morgan fingerprint density at radius 3 is 2.23 bits per heavy atom. The summed E-state index contributed by atoms with van der Waals surface area (Å²) in [5, 5.41) is 4.12. The van der Waals surface area contributed by atoms with E-state index in [0.717, 1.165) is 62.0 Å². The van der Waals surface area contributed by atoms with Crippen molar-refractivity contribution >= 4 is 46.2 Å². The summed E-state index contributed by atoms with van der Waals surface area (Å²) >= 11 is 12.2. The number of ether oxygens (including phenoxy) is 2. The van der Waals surface area contributed by atoms with Gasteiger partial charge in [0.2, 0.25) is 5.91 Å². The zero-order chi connectivity index (χ0) is 20.9. The van der Waals surface area contributed by atoms with Gasteiger partial charge in [-0.1, -0.05) is 29.3 Å². The van der Waals surface area contributed by atoms with Gasteiger partial charge >= 0.3 is 0 Å². The molecule has 2 aromatic carbocycles. The number of carbonyl (C=O) groups excluding carboxylic acids is 1. The monoisotopic (exact) mass is 449 g/mol. The number of morpholine rings is 2. The molecule has 0 atom stereocenters. The number of anilines is 3. The number of carbonyl (C=O) groups is 1. The summed E-state index contributed by atoms with van der Waals surface area (Å²) < 4.78 is 11.0. The van der Waals surface area contributed by atoms with Crippen molar-refractivity contribution in [2.45, 2.75) is 6.42 Å². The minimum atomic E-state index is -0.118. The predicted octanol–water partition coefficient (Wildman–Crippen LogP) is 3.85. The maximum absolute atomic E-state index is 12.8. The molecule has 0 radical (unpaired) electrons. The van der Waals surface area contributed by atoms with Crippen molar-refractivity contribution in [3.63, 3.8) is 0 Å². The predicted molar refractivity (Wildman–Crippen MR) is 121 cm³/mol. The molecule has 0 aromatic heterocycles. The highest BCUT2D eigenvalue weighted by molar-refractivity contribution is 6.35. The van der Waals surface area contributed by atoms with E-state index in [0.29, 0.717) is 23.3 Å². The minimum Gasteiger partial charge on any atom is -0.378 e. The van der Waals surface area contributed by atoms with Crippen LogP contribution in [-0.4, -0.2) is 58.5 Å². The number of nitrogens with one attached hydrogen (secondary N) is 1. The highest BCUT2D eigenvalue weighted by Gasteiger charge is 2.20. The van der Waals surface area contributed by atoms with Gasteiger partial charge in [0.05, 0.1) is 44.2 Å².